The highest BCUT2D eigenvalue weighted by Crippen LogP contribution is 2.35. The molecule has 0 radical (unpaired) electrons. The highest BCUT2D eigenvalue weighted by atomic mass is 14.7. The van der Waals surface area contributed by atoms with E-state index in [2.05, 4.69) is 50.0 Å². The first-order chi connectivity index (χ1) is 8.15. The van der Waals surface area contributed by atoms with Crippen molar-refractivity contribution in [3.63, 3.8) is 0 Å². The lowest BCUT2D eigenvalue weighted by atomic mass is 9.89. The van der Waals surface area contributed by atoms with Gasteiger partial charge in [0.25, 0.3) is 0 Å². The molecular formula is C16H19N. The van der Waals surface area contributed by atoms with Crippen LogP contribution in [-0.2, 0) is 12.8 Å². The van der Waals surface area contributed by atoms with Gasteiger partial charge in [0.15, 0.2) is 0 Å². The molecule has 0 unspecified atom stereocenters. The number of hydrogen-bond acceptors (Lipinski definition) is 0. The summed E-state index contributed by atoms with van der Waals surface area (Å²) in [4.78, 5) is 3.61. The smallest absolute Gasteiger partial charge is 0.0491 e. The Labute approximate surface area is 103 Å². The molecule has 1 heterocycles. The first kappa shape index (κ1) is 10.6. The van der Waals surface area contributed by atoms with Gasteiger partial charge in [-0.15, -0.1) is 0 Å². The van der Waals surface area contributed by atoms with Crippen molar-refractivity contribution in [2.75, 3.05) is 0 Å². The molecule has 2 aromatic rings. The monoisotopic (exact) mass is 225 g/mol. The Bertz CT molecular complexity index is 561. The van der Waals surface area contributed by atoms with Gasteiger partial charge in [0.2, 0.25) is 0 Å². The van der Waals surface area contributed by atoms with E-state index in [9.17, 15) is 0 Å². The predicted molar refractivity (Wildman–Crippen MR) is 72.5 cm³/mol. The number of aromatic nitrogens is 1. The maximum absolute atomic E-state index is 3.61. The van der Waals surface area contributed by atoms with Crippen LogP contribution in [0.25, 0.3) is 11.3 Å². The van der Waals surface area contributed by atoms with Crippen molar-refractivity contribution in [1.29, 1.82) is 0 Å². The molecular weight excluding hydrogens is 206 g/mol. The number of aryl methyl sites for hydroxylation is 3. The molecule has 1 aliphatic rings. The number of nitrogens with one attached hydrogen (secondary N) is 1. The molecule has 1 aliphatic carbocycles. The van der Waals surface area contributed by atoms with Crippen LogP contribution in [0.2, 0.25) is 0 Å². The Kier molecular flexibility index (Phi) is 2.36. The zero-order valence-electron chi connectivity index (χ0n) is 10.8. The fourth-order valence-corrected chi connectivity index (χ4v) is 2.71. The van der Waals surface area contributed by atoms with Crippen LogP contribution in [0, 0.1) is 6.92 Å². The Morgan fingerprint density at radius 2 is 1.82 bits per heavy atom. The normalized spacial score (nSPS) is 13.6. The molecule has 17 heavy (non-hydrogen) atoms. The van der Waals surface area contributed by atoms with E-state index in [1.807, 2.05) is 0 Å². The lowest BCUT2D eigenvalue weighted by molar-refractivity contribution is 0.834. The van der Waals surface area contributed by atoms with Gasteiger partial charge in [-0.3, -0.25) is 0 Å². The largest absolute Gasteiger partial charge is 0.358 e. The molecule has 0 saturated heterocycles. The van der Waals surface area contributed by atoms with E-state index >= 15 is 0 Å². The quantitative estimate of drug-likeness (QED) is 0.748. The lowest BCUT2D eigenvalue weighted by Crippen LogP contribution is -2.02. The summed E-state index contributed by atoms with van der Waals surface area (Å²) in [5.41, 5.74) is 8.48. The van der Waals surface area contributed by atoms with Gasteiger partial charge >= 0.3 is 0 Å². The van der Waals surface area contributed by atoms with Crippen LogP contribution in [0.1, 0.15) is 42.1 Å². The maximum Gasteiger partial charge on any atom is 0.0491 e. The van der Waals surface area contributed by atoms with Gasteiger partial charge in [-0.25, -0.2) is 0 Å². The number of aromatic amines is 1. The molecule has 1 nitrogen and oxygen atoms in total. The van der Waals surface area contributed by atoms with Crippen molar-refractivity contribution >= 4 is 0 Å². The van der Waals surface area contributed by atoms with E-state index in [1.165, 1.54) is 46.5 Å². The number of fused-ring (bicyclic) bond motifs is 3. The number of rotatable bonds is 1. The minimum Gasteiger partial charge on any atom is -0.358 e. The van der Waals surface area contributed by atoms with Gasteiger partial charge in [0.05, 0.1) is 0 Å². The fraction of sp³-hybridized carbons (Fsp3) is 0.375. The Balaban J connectivity index is 2.15. The van der Waals surface area contributed by atoms with E-state index in [4.69, 9.17) is 0 Å². The van der Waals surface area contributed by atoms with Crippen molar-refractivity contribution in [2.45, 2.75) is 39.5 Å². The van der Waals surface area contributed by atoms with Crippen molar-refractivity contribution < 1.29 is 0 Å². The molecule has 1 N–H and O–H groups in total. The van der Waals surface area contributed by atoms with Gasteiger partial charge < -0.3 is 4.98 Å². The molecule has 0 amide bonds. The van der Waals surface area contributed by atoms with Crippen molar-refractivity contribution in [2.24, 2.45) is 0 Å². The molecule has 1 heteroatoms. The summed E-state index contributed by atoms with van der Waals surface area (Å²) in [6, 6.07) is 9.16. The van der Waals surface area contributed by atoms with Crippen LogP contribution >= 0.6 is 0 Å². The molecule has 88 valence electrons. The average molecular weight is 225 g/mol. The van der Waals surface area contributed by atoms with E-state index in [0.29, 0.717) is 5.92 Å². The van der Waals surface area contributed by atoms with E-state index in [0.717, 1.165) is 0 Å². The van der Waals surface area contributed by atoms with Gasteiger partial charge in [-0.05, 0) is 42.9 Å². The third-order valence-corrected chi connectivity index (χ3v) is 3.74. The van der Waals surface area contributed by atoms with Gasteiger partial charge in [0, 0.05) is 17.0 Å². The Hall–Kier alpha value is -1.50. The Morgan fingerprint density at radius 3 is 2.59 bits per heavy atom. The summed E-state index contributed by atoms with van der Waals surface area (Å²) in [5, 5.41) is 0. The first-order valence-corrected chi connectivity index (χ1v) is 6.47. The molecule has 1 aromatic carbocycles. The topological polar surface area (TPSA) is 15.8 Å². The first-order valence-electron chi connectivity index (χ1n) is 6.47. The Morgan fingerprint density at radius 1 is 1.06 bits per heavy atom. The van der Waals surface area contributed by atoms with Crippen LogP contribution in [0.3, 0.4) is 0 Å². The number of benzene rings is 1. The fourth-order valence-electron chi connectivity index (χ4n) is 2.71. The highest BCUT2D eigenvalue weighted by molar-refractivity contribution is 5.71. The summed E-state index contributed by atoms with van der Waals surface area (Å²) in [6.45, 7) is 6.66. The summed E-state index contributed by atoms with van der Waals surface area (Å²) in [6.07, 6.45) is 2.36. The highest BCUT2D eigenvalue weighted by Gasteiger charge is 2.19. The molecule has 0 spiro atoms. The lowest BCUT2D eigenvalue weighted by Gasteiger charge is -2.16. The predicted octanol–water partition coefficient (Wildman–Crippen LogP) is 4.21. The number of hydrogen-bond donors (Lipinski definition) is 1. The van der Waals surface area contributed by atoms with Crippen LogP contribution in [0.15, 0.2) is 24.3 Å². The molecule has 0 saturated carbocycles. The van der Waals surface area contributed by atoms with Crippen LogP contribution < -0.4 is 0 Å². The molecule has 0 bridgehead atoms. The van der Waals surface area contributed by atoms with E-state index in [-0.39, 0.29) is 0 Å². The molecule has 1 aromatic heterocycles. The maximum atomic E-state index is 3.61. The summed E-state index contributed by atoms with van der Waals surface area (Å²) >= 11 is 0. The minimum atomic E-state index is 0.578. The second kappa shape index (κ2) is 3.76. The van der Waals surface area contributed by atoms with E-state index < -0.39 is 0 Å². The van der Waals surface area contributed by atoms with Gasteiger partial charge in [-0.2, -0.15) is 0 Å². The van der Waals surface area contributed by atoms with Gasteiger partial charge in [-0.1, -0.05) is 37.6 Å². The summed E-state index contributed by atoms with van der Waals surface area (Å²) in [5.74, 6) is 0.578. The molecule has 0 fully saturated rings. The van der Waals surface area contributed by atoms with Crippen LogP contribution in [0.4, 0.5) is 0 Å². The van der Waals surface area contributed by atoms with Crippen LogP contribution in [0.5, 0.6) is 0 Å². The molecule has 3 rings (SSSR count). The van der Waals surface area contributed by atoms with Crippen molar-refractivity contribution in [3.8, 4) is 11.3 Å². The van der Waals surface area contributed by atoms with Crippen LogP contribution in [-0.4, -0.2) is 4.98 Å². The third kappa shape index (κ3) is 1.70. The zero-order chi connectivity index (χ0) is 12.0. The minimum absolute atomic E-state index is 0.578. The second-order valence-corrected chi connectivity index (χ2v) is 5.44. The number of H-pyrrole nitrogens is 1. The average Bonchev–Trinajstić information content (AvgIpc) is 2.72. The van der Waals surface area contributed by atoms with E-state index in [1.54, 1.807) is 0 Å². The van der Waals surface area contributed by atoms with Gasteiger partial charge in [0.1, 0.15) is 0 Å². The standard InChI is InChI=1S/C16H19N/c1-10(2)15-9-13-6-5-12-8-11(3)4-7-14(12)16(13)17-15/h4,7-10,17H,5-6H2,1-3H3. The summed E-state index contributed by atoms with van der Waals surface area (Å²) < 4.78 is 0. The van der Waals surface area contributed by atoms with Crippen molar-refractivity contribution in [1.82, 2.24) is 4.98 Å². The second-order valence-electron chi connectivity index (χ2n) is 5.44. The molecule has 0 atom stereocenters. The summed E-state index contributed by atoms with van der Waals surface area (Å²) in [7, 11) is 0. The zero-order valence-corrected chi connectivity index (χ0v) is 10.8. The van der Waals surface area contributed by atoms with Crippen molar-refractivity contribution in [3.05, 3.63) is 46.6 Å². The molecule has 0 aliphatic heterocycles. The third-order valence-electron chi connectivity index (χ3n) is 3.74. The SMILES string of the molecule is Cc1ccc2c(c1)CCc1cc(C(C)C)[nH]c1-2.